The molecule has 0 saturated carbocycles. The van der Waals surface area contributed by atoms with E-state index in [1.165, 1.54) is 51.7 Å². The summed E-state index contributed by atoms with van der Waals surface area (Å²) in [6, 6.07) is 0. The first kappa shape index (κ1) is 11.5. The van der Waals surface area contributed by atoms with E-state index in [0.717, 1.165) is 11.2 Å². The first-order chi connectivity index (χ1) is 6.36. The molecule has 78 valence electrons. The Morgan fingerprint density at radius 2 is 2.00 bits per heavy atom. The van der Waals surface area contributed by atoms with Crippen molar-refractivity contribution in [2.75, 3.05) is 25.0 Å². The predicted octanol–water partition coefficient (Wildman–Crippen LogP) is 3.28. The van der Waals surface area contributed by atoms with Crippen molar-refractivity contribution in [1.29, 1.82) is 0 Å². The Morgan fingerprint density at radius 1 is 1.31 bits per heavy atom. The van der Waals surface area contributed by atoms with Gasteiger partial charge < -0.3 is 4.90 Å². The van der Waals surface area contributed by atoms with Gasteiger partial charge in [-0.05, 0) is 44.8 Å². The van der Waals surface area contributed by atoms with Crippen molar-refractivity contribution in [3.05, 3.63) is 0 Å². The van der Waals surface area contributed by atoms with E-state index >= 15 is 0 Å². The quantitative estimate of drug-likeness (QED) is 0.675. The Kier molecular flexibility index (Phi) is 6.05. The molecule has 0 aromatic rings. The van der Waals surface area contributed by atoms with Crippen LogP contribution in [0.4, 0.5) is 0 Å². The van der Waals surface area contributed by atoms with Gasteiger partial charge in [-0.25, -0.2) is 0 Å². The number of alkyl halides is 1. The number of rotatable bonds is 5. The summed E-state index contributed by atoms with van der Waals surface area (Å²) >= 11 is 3.49. The van der Waals surface area contributed by atoms with E-state index in [4.69, 9.17) is 0 Å². The lowest BCUT2D eigenvalue weighted by molar-refractivity contribution is 0.179. The topological polar surface area (TPSA) is 3.24 Å². The van der Waals surface area contributed by atoms with Gasteiger partial charge in [-0.2, -0.15) is 0 Å². The lowest BCUT2D eigenvalue weighted by Gasteiger charge is -2.31. The largest absolute Gasteiger partial charge is 0.303 e. The highest BCUT2D eigenvalue weighted by molar-refractivity contribution is 9.09. The third-order valence-corrected chi connectivity index (χ3v) is 3.57. The van der Waals surface area contributed by atoms with Crippen molar-refractivity contribution in [3.8, 4) is 0 Å². The molecule has 1 aliphatic rings. The standard InChI is InChI=1S/C11H22BrN/c1-2-4-11-5-9-13(10-6-11)8-3-7-12/h11H,2-10H2,1H3. The number of piperidine rings is 1. The van der Waals surface area contributed by atoms with Gasteiger partial charge >= 0.3 is 0 Å². The van der Waals surface area contributed by atoms with Crippen molar-refractivity contribution in [2.45, 2.75) is 39.0 Å². The molecular formula is C11H22BrN. The van der Waals surface area contributed by atoms with E-state index in [1.807, 2.05) is 0 Å². The van der Waals surface area contributed by atoms with Gasteiger partial charge in [0.05, 0.1) is 0 Å². The van der Waals surface area contributed by atoms with Gasteiger partial charge in [0.15, 0.2) is 0 Å². The van der Waals surface area contributed by atoms with Gasteiger partial charge in [-0.3, -0.25) is 0 Å². The third-order valence-electron chi connectivity index (χ3n) is 3.01. The summed E-state index contributed by atoms with van der Waals surface area (Å²) < 4.78 is 0. The number of halogens is 1. The molecule has 1 heterocycles. The first-order valence-electron chi connectivity index (χ1n) is 5.65. The normalized spacial score (nSPS) is 20.8. The van der Waals surface area contributed by atoms with Crippen molar-refractivity contribution in [3.63, 3.8) is 0 Å². The van der Waals surface area contributed by atoms with Crippen LogP contribution in [0.25, 0.3) is 0 Å². The lowest BCUT2D eigenvalue weighted by Crippen LogP contribution is -2.34. The average Bonchev–Trinajstić information content (AvgIpc) is 2.17. The summed E-state index contributed by atoms with van der Waals surface area (Å²) in [5.41, 5.74) is 0. The van der Waals surface area contributed by atoms with Gasteiger partial charge in [0.1, 0.15) is 0 Å². The van der Waals surface area contributed by atoms with Crippen LogP contribution in [0, 0.1) is 5.92 Å². The van der Waals surface area contributed by atoms with Gasteiger partial charge in [0.25, 0.3) is 0 Å². The zero-order valence-corrected chi connectivity index (χ0v) is 10.4. The Morgan fingerprint density at radius 3 is 2.54 bits per heavy atom. The minimum atomic E-state index is 1.03. The maximum absolute atomic E-state index is 3.49. The van der Waals surface area contributed by atoms with Crippen molar-refractivity contribution < 1.29 is 0 Å². The molecular weight excluding hydrogens is 226 g/mol. The Labute approximate surface area is 91.0 Å². The molecule has 0 spiro atoms. The van der Waals surface area contributed by atoms with E-state index in [2.05, 4.69) is 27.8 Å². The van der Waals surface area contributed by atoms with Gasteiger partial charge in [0, 0.05) is 5.33 Å². The molecule has 0 bridgehead atoms. The Balaban J connectivity index is 2.08. The fourth-order valence-corrected chi connectivity index (χ4v) is 2.44. The zero-order chi connectivity index (χ0) is 9.52. The molecule has 1 nitrogen and oxygen atoms in total. The summed E-state index contributed by atoms with van der Waals surface area (Å²) in [4.78, 5) is 2.62. The SMILES string of the molecule is CCCC1CCN(CCCBr)CC1. The van der Waals surface area contributed by atoms with E-state index in [1.54, 1.807) is 0 Å². The van der Waals surface area contributed by atoms with Crippen LogP contribution in [0.15, 0.2) is 0 Å². The lowest BCUT2D eigenvalue weighted by atomic mass is 9.92. The van der Waals surface area contributed by atoms with Crippen molar-refractivity contribution >= 4 is 15.9 Å². The van der Waals surface area contributed by atoms with Crippen LogP contribution in [-0.2, 0) is 0 Å². The zero-order valence-electron chi connectivity index (χ0n) is 8.77. The molecule has 13 heavy (non-hydrogen) atoms. The molecule has 0 radical (unpaired) electrons. The highest BCUT2D eigenvalue weighted by Crippen LogP contribution is 2.21. The molecule has 0 aliphatic carbocycles. The van der Waals surface area contributed by atoms with Crippen LogP contribution in [0.3, 0.4) is 0 Å². The van der Waals surface area contributed by atoms with Crippen LogP contribution in [0.1, 0.15) is 39.0 Å². The molecule has 0 amide bonds. The van der Waals surface area contributed by atoms with Gasteiger partial charge in [-0.1, -0.05) is 35.7 Å². The second kappa shape index (κ2) is 6.83. The minimum absolute atomic E-state index is 1.03. The summed E-state index contributed by atoms with van der Waals surface area (Å²) in [7, 11) is 0. The van der Waals surface area contributed by atoms with E-state index in [0.29, 0.717) is 0 Å². The third kappa shape index (κ3) is 4.46. The van der Waals surface area contributed by atoms with Crippen molar-refractivity contribution in [1.82, 2.24) is 4.90 Å². The van der Waals surface area contributed by atoms with E-state index in [-0.39, 0.29) is 0 Å². The van der Waals surface area contributed by atoms with Gasteiger partial charge in [0.2, 0.25) is 0 Å². The summed E-state index contributed by atoms with van der Waals surface area (Å²) in [6.07, 6.45) is 7.00. The van der Waals surface area contributed by atoms with Crippen LogP contribution in [-0.4, -0.2) is 29.9 Å². The highest BCUT2D eigenvalue weighted by atomic mass is 79.9. The molecule has 0 aromatic carbocycles. The molecule has 1 aliphatic heterocycles. The Bertz CT molecular complexity index is 119. The summed E-state index contributed by atoms with van der Waals surface area (Å²) in [5, 5.41) is 1.15. The molecule has 0 unspecified atom stereocenters. The smallest absolute Gasteiger partial charge is 0.00434 e. The summed E-state index contributed by atoms with van der Waals surface area (Å²) in [5.74, 6) is 1.03. The predicted molar refractivity (Wildman–Crippen MR) is 62.5 cm³/mol. The second-order valence-electron chi connectivity index (χ2n) is 4.12. The molecule has 2 heteroatoms. The maximum atomic E-state index is 3.49. The van der Waals surface area contributed by atoms with Crippen LogP contribution < -0.4 is 0 Å². The Hall–Kier alpha value is 0.440. The van der Waals surface area contributed by atoms with Crippen LogP contribution in [0.2, 0.25) is 0 Å². The van der Waals surface area contributed by atoms with Crippen LogP contribution in [0.5, 0.6) is 0 Å². The number of likely N-dealkylation sites (tertiary alicyclic amines) is 1. The van der Waals surface area contributed by atoms with Crippen LogP contribution >= 0.6 is 15.9 Å². The van der Waals surface area contributed by atoms with Gasteiger partial charge in [-0.15, -0.1) is 0 Å². The fourth-order valence-electron chi connectivity index (χ4n) is 2.19. The second-order valence-corrected chi connectivity index (χ2v) is 4.91. The summed E-state index contributed by atoms with van der Waals surface area (Å²) in [6.45, 7) is 6.29. The number of hydrogen-bond donors (Lipinski definition) is 0. The maximum Gasteiger partial charge on any atom is 0.00434 e. The fraction of sp³-hybridized carbons (Fsp3) is 1.00. The highest BCUT2D eigenvalue weighted by Gasteiger charge is 2.17. The van der Waals surface area contributed by atoms with E-state index < -0.39 is 0 Å². The molecule has 0 aromatic heterocycles. The molecule has 1 saturated heterocycles. The number of hydrogen-bond acceptors (Lipinski definition) is 1. The number of nitrogens with zero attached hydrogens (tertiary/aromatic N) is 1. The van der Waals surface area contributed by atoms with E-state index in [9.17, 15) is 0 Å². The average molecular weight is 248 g/mol. The molecule has 0 N–H and O–H groups in total. The van der Waals surface area contributed by atoms with Crippen molar-refractivity contribution in [2.24, 2.45) is 5.92 Å². The molecule has 0 atom stereocenters. The monoisotopic (exact) mass is 247 g/mol. The first-order valence-corrected chi connectivity index (χ1v) is 6.77. The molecule has 1 fully saturated rings. The molecule has 1 rings (SSSR count). The minimum Gasteiger partial charge on any atom is -0.303 e.